The molecule has 10 nitrogen and oxygen atoms in total. The maximum atomic E-state index is 12.6. The molecule has 0 saturated heterocycles. The molecule has 0 saturated carbocycles. The van der Waals surface area contributed by atoms with Gasteiger partial charge in [0.15, 0.2) is 0 Å². The quantitative estimate of drug-likeness (QED) is 0.210. The number of carbonyl (C=O) groups excluding carboxylic acids is 3. The summed E-state index contributed by atoms with van der Waals surface area (Å²) in [5, 5.41) is 25.3. The Kier molecular flexibility index (Phi) is 12.4. The highest BCUT2D eigenvalue weighted by Crippen LogP contribution is 2.08. The molecule has 0 fully saturated rings. The van der Waals surface area contributed by atoms with Crippen molar-refractivity contribution in [3.8, 4) is 0 Å². The van der Waals surface area contributed by atoms with Crippen LogP contribution in [0.5, 0.6) is 0 Å². The van der Waals surface area contributed by atoms with Crippen LogP contribution in [0, 0.1) is 5.92 Å². The van der Waals surface area contributed by atoms with E-state index in [1.54, 1.807) is 0 Å². The molecule has 11 heteroatoms. The van der Waals surface area contributed by atoms with Crippen molar-refractivity contribution in [2.45, 2.75) is 44.8 Å². The lowest BCUT2D eigenvalue weighted by atomic mass is 10.0. The zero-order valence-corrected chi connectivity index (χ0v) is 16.7. The Morgan fingerprint density at radius 2 is 1.56 bits per heavy atom. The minimum atomic E-state index is -1.46. The first-order valence-corrected chi connectivity index (χ1v) is 9.98. The Labute approximate surface area is 163 Å². The molecule has 7 N–H and O–H groups in total. The van der Waals surface area contributed by atoms with E-state index in [4.69, 9.17) is 15.9 Å². The van der Waals surface area contributed by atoms with Gasteiger partial charge < -0.3 is 31.9 Å². The van der Waals surface area contributed by atoms with Gasteiger partial charge in [0, 0.05) is 0 Å². The Hall–Kier alpha value is -1.85. The Morgan fingerprint density at radius 1 is 1.00 bits per heavy atom. The van der Waals surface area contributed by atoms with E-state index in [1.807, 2.05) is 20.1 Å². The summed E-state index contributed by atoms with van der Waals surface area (Å²) in [5.41, 5.74) is 5.27. The van der Waals surface area contributed by atoms with E-state index in [2.05, 4.69) is 16.0 Å². The maximum Gasteiger partial charge on any atom is 0.328 e. The van der Waals surface area contributed by atoms with Gasteiger partial charge in [-0.25, -0.2) is 4.79 Å². The van der Waals surface area contributed by atoms with E-state index in [0.29, 0.717) is 12.2 Å². The molecule has 0 aromatic heterocycles. The van der Waals surface area contributed by atoms with Gasteiger partial charge in [-0.05, 0) is 30.8 Å². The summed E-state index contributed by atoms with van der Waals surface area (Å²) >= 11 is 1.50. The third-order valence-corrected chi connectivity index (χ3v) is 4.23. The van der Waals surface area contributed by atoms with Gasteiger partial charge in [0.2, 0.25) is 17.7 Å². The van der Waals surface area contributed by atoms with Crippen LogP contribution in [0.1, 0.15) is 26.7 Å². The van der Waals surface area contributed by atoms with Gasteiger partial charge in [-0.2, -0.15) is 11.8 Å². The van der Waals surface area contributed by atoms with Crippen molar-refractivity contribution < 1.29 is 29.4 Å². The molecular formula is C16H30N4O6S. The van der Waals surface area contributed by atoms with Gasteiger partial charge in [0.05, 0.1) is 13.2 Å². The molecule has 0 aromatic carbocycles. The number of carbonyl (C=O) groups is 4. The summed E-state index contributed by atoms with van der Waals surface area (Å²) in [6.45, 7) is 2.64. The molecule has 0 radical (unpaired) electrons. The minimum absolute atomic E-state index is 0.0294. The number of hydrogen-bond acceptors (Lipinski definition) is 7. The zero-order chi connectivity index (χ0) is 21.0. The van der Waals surface area contributed by atoms with Crippen LogP contribution in [0.3, 0.4) is 0 Å². The molecule has 156 valence electrons. The lowest BCUT2D eigenvalue weighted by Gasteiger charge is -2.25. The van der Waals surface area contributed by atoms with Crippen molar-refractivity contribution >= 4 is 35.5 Å². The van der Waals surface area contributed by atoms with Gasteiger partial charge in [0.25, 0.3) is 0 Å². The van der Waals surface area contributed by atoms with Gasteiger partial charge in [-0.3, -0.25) is 14.4 Å². The second-order valence-electron chi connectivity index (χ2n) is 6.38. The Morgan fingerprint density at radius 3 is 2.00 bits per heavy atom. The first kappa shape index (κ1) is 25.1. The van der Waals surface area contributed by atoms with Crippen LogP contribution in [-0.4, -0.2) is 77.2 Å². The number of aliphatic hydroxyl groups is 1. The fourth-order valence-corrected chi connectivity index (χ4v) is 2.66. The van der Waals surface area contributed by atoms with Crippen molar-refractivity contribution in [3.05, 3.63) is 0 Å². The van der Waals surface area contributed by atoms with Gasteiger partial charge in [0.1, 0.15) is 18.1 Å². The number of amides is 3. The first-order chi connectivity index (χ1) is 12.7. The van der Waals surface area contributed by atoms with Crippen LogP contribution in [-0.2, 0) is 19.2 Å². The molecule has 0 aliphatic heterocycles. The molecule has 0 bridgehead atoms. The monoisotopic (exact) mass is 406 g/mol. The van der Waals surface area contributed by atoms with Crippen molar-refractivity contribution in [1.29, 1.82) is 0 Å². The van der Waals surface area contributed by atoms with Gasteiger partial charge in [-0.15, -0.1) is 0 Å². The molecular weight excluding hydrogens is 376 g/mol. The van der Waals surface area contributed by atoms with Crippen LogP contribution < -0.4 is 21.7 Å². The van der Waals surface area contributed by atoms with Crippen LogP contribution in [0.2, 0.25) is 0 Å². The minimum Gasteiger partial charge on any atom is -0.480 e. The van der Waals surface area contributed by atoms with Crippen LogP contribution in [0.4, 0.5) is 0 Å². The number of aliphatic hydroxyl groups excluding tert-OH is 1. The predicted octanol–water partition coefficient (Wildman–Crippen LogP) is -1.72. The van der Waals surface area contributed by atoms with Gasteiger partial charge >= 0.3 is 5.97 Å². The Balaban J connectivity index is 5.20. The number of nitrogens with two attached hydrogens (primary N) is 1. The number of hydrogen-bond donors (Lipinski definition) is 6. The lowest BCUT2D eigenvalue weighted by molar-refractivity contribution is -0.143. The number of nitrogens with one attached hydrogen (secondary N) is 3. The lowest BCUT2D eigenvalue weighted by Crippen LogP contribution is -2.57. The summed E-state index contributed by atoms with van der Waals surface area (Å²) in [6, 6.07) is -3.32. The molecule has 0 rings (SSSR count). The standard InChI is InChI=1S/C16H30N4O6S/c1-9(2)6-11(15(24)20-12(8-21)16(25)26)19-14(23)10(4-5-27-3)18-13(22)7-17/h9-12,21H,4-8,17H2,1-3H3,(H,18,22)(H,19,23)(H,20,24)(H,25,26). The highest BCUT2D eigenvalue weighted by Gasteiger charge is 2.29. The highest BCUT2D eigenvalue weighted by atomic mass is 32.2. The highest BCUT2D eigenvalue weighted by molar-refractivity contribution is 7.98. The molecule has 0 aliphatic carbocycles. The zero-order valence-electron chi connectivity index (χ0n) is 15.9. The molecule has 3 amide bonds. The largest absolute Gasteiger partial charge is 0.480 e. The van der Waals surface area contributed by atoms with Crippen LogP contribution in [0.25, 0.3) is 0 Å². The number of carboxylic acids is 1. The average molecular weight is 407 g/mol. The summed E-state index contributed by atoms with van der Waals surface area (Å²) in [6.07, 6.45) is 2.47. The van der Waals surface area contributed by atoms with E-state index in [0.717, 1.165) is 0 Å². The van der Waals surface area contributed by atoms with Crippen molar-refractivity contribution in [2.75, 3.05) is 25.2 Å². The number of carboxylic acid groups (broad SMARTS) is 1. The fraction of sp³-hybridized carbons (Fsp3) is 0.750. The molecule has 0 spiro atoms. The summed E-state index contributed by atoms with van der Waals surface area (Å²) in [7, 11) is 0. The summed E-state index contributed by atoms with van der Waals surface area (Å²) in [5.74, 6) is -2.51. The normalized spacial score (nSPS) is 14.1. The third kappa shape index (κ3) is 10.2. The summed E-state index contributed by atoms with van der Waals surface area (Å²) < 4.78 is 0. The Bertz CT molecular complexity index is 517. The predicted molar refractivity (Wildman–Crippen MR) is 102 cm³/mol. The van der Waals surface area contributed by atoms with Crippen LogP contribution in [0.15, 0.2) is 0 Å². The van der Waals surface area contributed by atoms with E-state index in [9.17, 15) is 19.2 Å². The maximum absolute atomic E-state index is 12.6. The number of aliphatic carboxylic acids is 1. The van der Waals surface area contributed by atoms with E-state index < -0.39 is 48.4 Å². The first-order valence-electron chi connectivity index (χ1n) is 8.58. The number of rotatable bonds is 13. The molecule has 0 heterocycles. The molecule has 3 atom stereocenters. The SMILES string of the molecule is CSCCC(NC(=O)CN)C(=O)NC(CC(C)C)C(=O)NC(CO)C(=O)O. The van der Waals surface area contributed by atoms with E-state index in [-0.39, 0.29) is 18.9 Å². The molecule has 0 aromatic rings. The number of thioether (sulfide) groups is 1. The summed E-state index contributed by atoms with van der Waals surface area (Å²) in [4.78, 5) is 47.5. The van der Waals surface area contributed by atoms with E-state index >= 15 is 0 Å². The molecule has 0 aliphatic rings. The van der Waals surface area contributed by atoms with Crippen molar-refractivity contribution in [2.24, 2.45) is 11.7 Å². The molecule has 3 unspecified atom stereocenters. The second-order valence-corrected chi connectivity index (χ2v) is 7.36. The van der Waals surface area contributed by atoms with Crippen molar-refractivity contribution in [1.82, 2.24) is 16.0 Å². The average Bonchev–Trinajstić information content (AvgIpc) is 2.61. The van der Waals surface area contributed by atoms with Crippen LogP contribution >= 0.6 is 11.8 Å². The molecule has 27 heavy (non-hydrogen) atoms. The smallest absolute Gasteiger partial charge is 0.328 e. The second kappa shape index (κ2) is 13.3. The fourth-order valence-electron chi connectivity index (χ4n) is 2.19. The topological polar surface area (TPSA) is 171 Å². The van der Waals surface area contributed by atoms with Crippen molar-refractivity contribution in [3.63, 3.8) is 0 Å². The van der Waals surface area contributed by atoms with Gasteiger partial charge in [-0.1, -0.05) is 13.8 Å². The third-order valence-electron chi connectivity index (χ3n) is 3.59. The van der Waals surface area contributed by atoms with E-state index in [1.165, 1.54) is 11.8 Å².